The number of nitrogens with zero attached hydrogens (tertiary/aromatic N) is 2. The second-order valence-corrected chi connectivity index (χ2v) is 10.1. The van der Waals surface area contributed by atoms with Crippen molar-refractivity contribution in [2.45, 2.75) is 58.5 Å². The van der Waals surface area contributed by atoms with Crippen molar-refractivity contribution in [3.8, 4) is 0 Å². The average Bonchev–Trinajstić information content (AvgIpc) is 3.37. The molecule has 3 aromatic carbocycles. The number of benzene rings is 3. The number of hydrogen-bond donors (Lipinski definition) is 2. The third kappa shape index (κ3) is 6.07. The first-order valence-electron chi connectivity index (χ1n) is 13.3. The van der Waals surface area contributed by atoms with E-state index in [4.69, 9.17) is 14.2 Å². The summed E-state index contributed by atoms with van der Waals surface area (Å²) in [5, 5.41) is 12.2. The first kappa shape index (κ1) is 27.5. The van der Waals surface area contributed by atoms with Gasteiger partial charge in [0.1, 0.15) is 0 Å². The summed E-state index contributed by atoms with van der Waals surface area (Å²) in [5.41, 5.74) is 5.16. The summed E-state index contributed by atoms with van der Waals surface area (Å²) in [6.45, 7) is 5.47. The standard InChI is InChI=1S/C31H33N3O6/c1-19-28(16-34-18-32-26-6-4-5-7-27(26)34)39-31(40-29(19)23-10-8-22(17-35)9-11-23)24-12-14-25(15-13-24)33-30(37)20(2)38-21(3)36/h4-15,18-20,28-29,31,35H,16-17H2,1-3H3,(H,33,37). The van der Waals surface area contributed by atoms with Crippen molar-refractivity contribution >= 4 is 28.6 Å². The fourth-order valence-electron chi connectivity index (χ4n) is 4.95. The number of hydrogen-bond acceptors (Lipinski definition) is 7. The van der Waals surface area contributed by atoms with Crippen LogP contribution in [0.3, 0.4) is 0 Å². The van der Waals surface area contributed by atoms with Crippen LogP contribution < -0.4 is 5.32 Å². The fraction of sp³-hybridized carbons (Fsp3) is 0.323. The number of imidazole rings is 1. The molecule has 0 spiro atoms. The number of nitrogens with one attached hydrogen (secondary N) is 1. The number of rotatable bonds is 8. The van der Waals surface area contributed by atoms with Gasteiger partial charge >= 0.3 is 5.97 Å². The van der Waals surface area contributed by atoms with Gasteiger partial charge in [0.05, 0.1) is 42.7 Å². The smallest absolute Gasteiger partial charge is 0.303 e. The van der Waals surface area contributed by atoms with Gasteiger partial charge in [0, 0.05) is 24.1 Å². The van der Waals surface area contributed by atoms with Crippen LogP contribution in [0.15, 0.2) is 79.1 Å². The highest BCUT2D eigenvalue weighted by molar-refractivity contribution is 5.94. The lowest BCUT2D eigenvalue weighted by Crippen LogP contribution is -2.39. The lowest BCUT2D eigenvalue weighted by molar-refractivity contribution is -0.276. The number of esters is 1. The van der Waals surface area contributed by atoms with Crippen molar-refractivity contribution in [1.29, 1.82) is 0 Å². The summed E-state index contributed by atoms with van der Waals surface area (Å²) in [5.74, 6) is -0.919. The van der Waals surface area contributed by atoms with Crippen LogP contribution in [0.5, 0.6) is 0 Å². The number of fused-ring (bicyclic) bond motifs is 1. The highest BCUT2D eigenvalue weighted by atomic mass is 16.7. The van der Waals surface area contributed by atoms with Crippen LogP contribution in [-0.2, 0) is 37.0 Å². The third-order valence-electron chi connectivity index (χ3n) is 7.19. The summed E-state index contributed by atoms with van der Waals surface area (Å²) in [6, 6.07) is 23.0. The molecular formula is C31H33N3O6. The predicted octanol–water partition coefficient (Wildman–Crippen LogP) is 4.91. The number of aliphatic hydroxyl groups excluding tert-OH is 1. The van der Waals surface area contributed by atoms with Gasteiger partial charge < -0.3 is 29.2 Å². The van der Waals surface area contributed by atoms with Crippen molar-refractivity contribution < 1.29 is 28.9 Å². The summed E-state index contributed by atoms with van der Waals surface area (Å²) in [7, 11) is 0. The number of carbonyl (C=O) groups is 2. The molecule has 40 heavy (non-hydrogen) atoms. The molecule has 5 rings (SSSR count). The van der Waals surface area contributed by atoms with Crippen LogP contribution in [0.1, 0.15) is 49.9 Å². The number of aliphatic hydroxyl groups is 1. The van der Waals surface area contributed by atoms with Crippen LogP contribution in [-0.4, -0.2) is 38.7 Å². The van der Waals surface area contributed by atoms with Crippen LogP contribution in [0.25, 0.3) is 11.0 Å². The molecule has 9 heteroatoms. The van der Waals surface area contributed by atoms with E-state index >= 15 is 0 Å². The van der Waals surface area contributed by atoms with E-state index in [1.54, 1.807) is 12.1 Å². The van der Waals surface area contributed by atoms with Gasteiger partial charge in [-0.05, 0) is 42.3 Å². The molecule has 1 fully saturated rings. The molecule has 5 unspecified atom stereocenters. The molecule has 1 aliphatic rings. The molecule has 1 aromatic heterocycles. The number of carbonyl (C=O) groups excluding carboxylic acids is 2. The van der Waals surface area contributed by atoms with Gasteiger partial charge in [0.15, 0.2) is 12.4 Å². The van der Waals surface area contributed by atoms with E-state index in [0.29, 0.717) is 12.2 Å². The molecule has 0 bridgehead atoms. The summed E-state index contributed by atoms with van der Waals surface area (Å²) >= 11 is 0. The van der Waals surface area contributed by atoms with E-state index in [1.165, 1.54) is 13.8 Å². The van der Waals surface area contributed by atoms with Gasteiger partial charge in [-0.25, -0.2) is 4.98 Å². The molecule has 0 aliphatic carbocycles. The molecule has 9 nitrogen and oxygen atoms in total. The Morgan fingerprint density at radius 2 is 1.73 bits per heavy atom. The minimum absolute atomic E-state index is 0.0127. The lowest BCUT2D eigenvalue weighted by Gasteiger charge is -2.41. The van der Waals surface area contributed by atoms with Gasteiger partial charge in [-0.15, -0.1) is 0 Å². The van der Waals surface area contributed by atoms with E-state index < -0.39 is 24.3 Å². The first-order valence-corrected chi connectivity index (χ1v) is 13.3. The van der Waals surface area contributed by atoms with Gasteiger partial charge in [-0.3, -0.25) is 9.59 Å². The van der Waals surface area contributed by atoms with Crippen molar-refractivity contribution in [2.75, 3.05) is 5.32 Å². The Morgan fingerprint density at radius 3 is 2.42 bits per heavy atom. The third-order valence-corrected chi connectivity index (χ3v) is 7.19. The molecule has 0 radical (unpaired) electrons. The SMILES string of the molecule is CC(=O)OC(C)C(=O)Nc1ccc(C2OC(Cn3cnc4ccccc43)C(C)C(c3ccc(CO)cc3)O2)cc1. The molecule has 5 atom stereocenters. The Bertz CT molecular complexity index is 1470. The molecule has 1 aliphatic heterocycles. The maximum Gasteiger partial charge on any atom is 0.303 e. The first-order chi connectivity index (χ1) is 19.3. The molecule has 208 valence electrons. The quantitative estimate of drug-likeness (QED) is 0.304. The molecule has 4 aromatic rings. The number of anilines is 1. The van der Waals surface area contributed by atoms with Crippen LogP contribution in [0.4, 0.5) is 5.69 Å². The molecule has 1 saturated heterocycles. The van der Waals surface area contributed by atoms with Gasteiger partial charge in [-0.2, -0.15) is 0 Å². The monoisotopic (exact) mass is 543 g/mol. The number of ether oxygens (including phenoxy) is 3. The Balaban J connectivity index is 1.39. The van der Waals surface area contributed by atoms with Crippen molar-refractivity contribution in [1.82, 2.24) is 9.55 Å². The van der Waals surface area contributed by atoms with Crippen molar-refractivity contribution in [2.24, 2.45) is 5.92 Å². The van der Waals surface area contributed by atoms with Crippen molar-refractivity contribution in [3.63, 3.8) is 0 Å². The molecule has 0 saturated carbocycles. The number of amides is 1. The Labute approximate surface area is 232 Å². The van der Waals surface area contributed by atoms with E-state index in [1.807, 2.05) is 67.0 Å². The largest absolute Gasteiger partial charge is 0.453 e. The highest BCUT2D eigenvalue weighted by Gasteiger charge is 2.38. The second kappa shape index (κ2) is 12.0. The zero-order chi connectivity index (χ0) is 28.2. The van der Waals surface area contributed by atoms with Crippen LogP contribution in [0, 0.1) is 5.92 Å². The van der Waals surface area contributed by atoms with E-state index in [-0.39, 0.29) is 24.7 Å². The number of para-hydroxylation sites is 2. The summed E-state index contributed by atoms with van der Waals surface area (Å²) < 4.78 is 20.1. The maximum atomic E-state index is 12.3. The normalized spacial score (nSPS) is 21.6. The number of aromatic nitrogens is 2. The minimum Gasteiger partial charge on any atom is -0.453 e. The lowest BCUT2D eigenvalue weighted by atomic mass is 9.90. The topological polar surface area (TPSA) is 112 Å². The van der Waals surface area contributed by atoms with Crippen molar-refractivity contribution in [3.05, 3.63) is 95.8 Å². The fourth-order valence-corrected chi connectivity index (χ4v) is 4.95. The summed E-state index contributed by atoms with van der Waals surface area (Å²) in [6.07, 6.45) is -0.159. The molecular weight excluding hydrogens is 510 g/mol. The minimum atomic E-state index is -0.901. The van der Waals surface area contributed by atoms with Crippen LogP contribution in [0.2, 0.25) is 0 Å². The maximum absolute atomic E-state index is 12.3. The van der Waals surface area contributed by atoms with Gasteiger partial charge in [-0.1, -0.05) is 55.5 Å². The van der Waals surface area contributed by atoms with Gasteiger partial charge in [0.2, 0.25) is 0 Å². The highest BCUT2D eigenvalue weighted by Crippen LogP contribution is 2.42. The van der Waals surface area contributed by atoms with Gasteiger partial charge in [0.25, 0.3) is 5.91 Å². The second-order valence-electron chi connectivity index (χ2n) is 10.1. The zero-order valence-corrected chi connectivity index (χ0v) is 22.7. The van der Waals surface area contributed by atoms with E-state index in [9.17, 15) is 14.7 Å². The predicted molar refractivity (Wildman–Crippen MR) is 149 cm³/mol. The van der Waals surface area contributed by atoms with E-state index in [0.717, 1.165) is 27.7 Å². The molecule has 1 amide bonds. The van der Waals surface area contributed by atoms with E-state index in [2.05, 4.69) is 21.8 Å². The Kier molecular flexibility index (Phi) is 8.25. The average molecular weight is 544 g/mol. The summed E-state index contributed by atoms with van der Waals surface area (Å²) in [4.78, 5) is 28.0. The van der Waals surface area contributed by atoms with Crippen LogP contribution >= 0.6 is 0 Å². The molecule has 2 N–H and O–H groups in total. The Hall–Kier alpha value is -4.05. The Morgan fingerprint density at radius 1 is 1.02 bits per heavy atom. The zero-order valence-electron chi connectivity index (χ0n) is 22.7. The molecule has 2 heterocycles.